The first-order valence-corrected chi connectivity index (χ1v) is 23.3. The number of hydrogen-bond acceptors (Lipinski definition) is 4. The minimum absolute atomic E-state index is 0.240. The van der Waals surface area contributed by atoms with Gasteiger partial charge in [0.2, 0.25) is 0 Å². The van der Waals surface area contributed by atoms with E-state index in [9.17, 15) is 10.2 Å². The Morgan fingerprint density at radius 1 is 0.343 bits per heavy atom. The van der Waals surface area contributed by atoms with Crippen LogP contribution < -0.4 is 0 Å². The van der Waals surface area contributed by atoms with Gasteiger partial charge in [-0.2, -0.15) is 0 Å². The molecule has 2 N–H and O–H groups in total. The molecule has 0 bridgehead atoms. The highest BCUT2D eigenvalue weighted by atomic mass is 16.3. The fourth-order valence-electron chi connectivity index (χ4n) is 9.17. The van der Waals surface area contributed by atoms with Gasteiger partial charge in [0.1, 0.15) is 11.5 Å². The molecule has 0 spiro atoms. The Bertz CT molecular complexity index is 2800. The van der Waals surface area contributed by atoms with Crippen molar-refractivity contribution in [3.63, 3.8) is 0 Å². The lowest BCUT2D eigenvalue weighted by molar-refractivity contribution is 0.450. The van der Waals surface area contributed by atoms with Crippen molar-refractivity contribution < 1.29 is 10.2 Å². The number of rotatable bonds is 14. The topological polar surface area (TPSA) is 65.2 Å². The highest BCUT2D eigenvalue weighted by Crippen LogP contribution is 2.44. The van der Waals surface area contributed by atoms with E-state index in [-0.39, 0.29) is 22.3 Å². The fourth-order valence-corrected chi connectivity index (χ4v) is 9.17. The molecule has 0 saturated heterocycles. The van der Waals surface area contributed by atoms with Crippen LogP contribution in [0.4, 0.5) is 11.4 Å². The van der Waals surface area contributed by atoms with Crippen molar-refractivity contribution in [3.8, 4) is 11.5 Å². The maximum absolute atomic E-state index is 11.9. The molecule has 0 heterocycles. The average molecular weight is 879 g/mol. The van der Waals surface area contributed by atoms with Crippen LogP contribution in [-0.2, 0) is 28.1 Å². The highest BCUT2D eigenvalue weighted by molar-refractivity contribution is 5.88. The second-order valence-electron chi connectivity index (χ2n) is 19.9. The van der Waals surface area contributed by atoms with E-state index in [1.54, 1.807) is 12.4 Å². The zero-order valence-corrected chi connectivity index (χ0v) is 40.1. The monoisotopic (exact) mass is 878 g/mol. The zero-order valence-electron chi connectivity index (χ0n) is 40.1. The van der Waals surface area contributed by atoms with E-state index in [2.05, 4.69) is 177 Å². The van der Waals surface area contributed by atoms with Gasteiger partial charge in [0.05, 0.1) is 11.4 Å². The molecule has 0 unspecified atom stereocenters. The smallest absolute Gasteiger partial charge is 0.128 e. The van der Waals surface area contributed by atoms with Crippen LogP contribution in [0, 0.1) is 0 Å². The molecule has 4 nitrogen and oxygen atoms in total. The average Bonchev–Trinajstić information content (AvgIpc) is 3.35. The van der Waals surface area contributed by atoms with E-state index in [4.69, 9.17) is 9.98 Å². The van der Waals surface area contributed by atoms with Gasteiger partial charge in [0, 0.05) is 56.3 Å². The molecule has 8 aromatic rings. The normalized spacial score (nSPS) is 12.5. The van der Waals surface area contributed by atoms with Gasteiger partial charge < -0.3 is 10.2 Å². The van der Waals surface area contributed by atoms with Crippen LogP contribution in [0.25, 0.3) is 0 Å². The van der Waals surface area contributed by atoms with Crippen LogP contribution in [0.3, 0.4) is 0 Å². The molecule has 0 aliphatic rings. The molecule has 0 amide bonds. The molecule has 0 aromatic heterocycles. The molecule has 0 radical (unpaired) electrons. The van der Waals surface area contributed by atoms with E-state index >= 15 is 0 Å². The van der Waals surface area contributed by atoms with Crippen molar-refractivity contribution in [1.29, 1.82) is 0 Å². The summed E-state index contributed by atoms with van der Waals surface area (Å²) in [5, 5.41) is 23.8. The van der Waals surface area contributed by atoms with Gasteiger partial charge in [-0.05, 0) is 87.3 Å². The first-order chi connectivity index (χ1) is 32.0. The van der Waals surface area contributed by atoms with Crippen LogP contribution in [0.1, 0.15) is 122 Å². The van der Waals surface area contributed by atoms with Gasteiger partial charge in [-0.3, -0.25) is 9.98 Å². The lowest BCUT2D eigenvalue weighted by Gasteiger charge is -2.32. The SMILES string of the molecule is CC(C)(c1ccccc1)c1cc(C=Nc2ccc(Cc3ccc(N=Cc4cc(C(C)(C)c5ccccc5)cc(C(C)(C)c5ccccc5)c4O)cc3)cc2)c(O)c(C(C)(C)c2ccccc2)c1. The summed E-state index contributed by atoms with van der Waals surface area (Å²) in [6.07, 6.45) is 4.34. The molecule has 67 heavy (non-hydrogen) atoms. The molecule has 0 aliphatic heterocycles. The Hall–Kier alpha value is -7.30. The first kappa shape index (κ1) is 46.2. The summed E-state index contributed by atoms with van der Waals surface area (Å²) in [5.41, 5.74) is 12.4. The molecule has 0 saturated carbocycles. The van der Waals surface area contributed by atoms with Crippen LogP contribution in [0.2, 0.25) is 0 Å². The maximum Gasteiger partial charge on any atom is 0.128 e. The molecule has 0 fully saturated rings. The number of phenols is 2. The summed E-state index contributed by atoms with van der Waals surface area (Å²) in [4.78, 5) is 9.78. The first-order valence-electron chi connectivity index (χ1n) is 23.3. The van der Waals surface area contributed by atoms with Crippen molar-refractivity contribution in [2.75, 3.05) is 0 Å². The summed E-state index contributed by atoms with van der Waals surface area (Å²) in [7, 11) is 0. The Morgan fingerprint density at radius 2 is 0.627 bits per heavy atom. The molecular formula is C63H62N2O2. The molecular weight excluding hydrogens is 817 g/mol. The van der Waals surface area contributed by atoms with Gasteiger partial charge in [-0.25, -0.2) is 0 Å². The number of nitrogens with zero attached hydrogens (tertiary/aromatic N) is 2. The van der Waals surface area contributed by atoms with Crippen LogP contribution in [-0.4, -0.2) is 22.6 Å². The van der Waals surface area contributed by atoms with Crippen LogP contribution >= 0.6 is 0 Å². The van der Waals surface area contributed by atoms with E-state index < -0.39 is 10.8 Å². The van der Waals surface area contributed by atoms with E-state index in [0.717, 1.165) is 62.3 Å². The van der Waals surface area contributed by atoms with E-state index in [1.165, 1.54) is 11.1 Å². The third-order valence-corrected chi connectivity index (χ3v) is 14.0. The standard InChI is InChI=1S/C63H62N2O2/c1-60(2,48-21-13-9-14-22-48)52-38-46(58(66)56(40-52)62(5,6)50-25-17-11-18-26-50)42-64-54-33-29-44(30-34-54)37-45-31-35-55(36-32-45)65-43-47-39-53(61(3,4)49-23-15-10-16-24-49)41-57(59(47)67)63(7,8)51-27-19-12-20-28-51/h9-36,38-43,66-67H,37H2,1-8H3. The van der Waals surface area contributed by atoms with Crippen LogP contribution in [0.15, 0.2) is 204 Å². The zero-order chi connectivity index (χ0) is 47.4. The summed E-state index contributed by atoms with van der Waals surface area (Å²) in [5.74, 6) is 0.479. The number of benzene rings is 8. The predicted molar refractivity (Wildman–Crippen MR) is 281 cm³/mol. The number of hydrogen-bond donors (Lipinski definition) is 2. The summed E-state index contributed by atoms with van der Waals surface area (Å²) in [6, 6.07) is 66.8. The largest absolute Gasteiger partial charge is 0.507 e. The van der Waals surface area contributed by atoms with Gasteiger partial charge >= 0.3 is 0 Å². The van der Waals surface area contributed by atoms with E-state index in [0.29, 0.717) is 11.1 Å². The summed E-state index contributed by atoms with van der Waals surface area (Å²) >= 11 is 0. The predicted octanol–water partition coefficient (Wildman–Crippen LogP) is 15.5. The van der Waals surface area contributed by atoms with Gasteiger partial charge in [0.15, 0.2) is 0 Å². The molecule has 8 rings (SSSR count). The third-order valence-electron chi connectivity index (χ3n) is 14.0. The van der Waals surface area contributed by atoms with Crippen LogP contribution in [0.5, 0.6) is 11.5 Å². The van der Waals surface area contributed by atoms with Gasteiger partial charge in [0.25, 0.3) is 0 Å². The fraction of sp³-hybridized carbons (Fsp3) is 0.206. The minimum atomic E-state index is -0.456. The second-order valence-corrected chi connectivity index (χ2v) is 19.9. The molecule has 8 aromatic carbocycles. The van der Waals surface area contributed by atoms with Crippen molar-refractivity contribution in [2.24, 2.45) is 9.98 Å². The third kappa shape index (κ3) is 9.81. The van der Waals surface area contributed by atoms with Crippen molar-refractivity contribution in [2.45, 2.75) is 83.5 Å². The van der Waals surface area contributed by atoms with Gasteiger partial charge in [-0.15, -0.1) is 0 Å². The number of aromatic hydroxyl groups is 2. The Kier molecular flexibility index (Phi) is 13.0. The number of aliphatic imine (C=N–C) groups is 2. The lowest BCUT2D eigenvalue weighted by atomic mass is 9.72. The molecule has 0 aliphatic carbocycles. The van der Waals surface area contributed by atoms with Crippen molar-refractivity contribution in [3.05, 3.63) is 261 Å². The quantitative estimate of drug-likeness (QED) is 0.107. The van der Waals surface area contributed by atoms with E-state index in [1.807, 2.05) is 72.8 Å². The summed E-state index contributed by atoms with van der Waals surface area (Å²) in [6.45, 7) is 17.6. The second kappa shape index (κ2) is 18.9. The molecule has 336 valence electrons. The minimum Gasteiger partial charge on any atom is -0.507 e. The maximum atomic E-state index is 11.9. The lowest BCUT2D eigenvalue weighted by Crippen LogP contribution is -2.24. The Morgan fingerprint density at radius 3 is 0.925 bits per heavy atom. The Labute approximate surface area is 398 Å². The number of phenolic OH excluding ortho intramolecular Hbond substituents is 2. The summed E-state index contributed by atoms with van der Waals surface area (Å²) < 4.78 is 0. The van der Waals surface area contributed by atoms with Gasteiger partial charge in [-0.1, -0.05) is 213 Å². The Balaban J connectivity index is 1.02. The van der Waals surface area contributed by atoms with Crippen molar-refractivity contribution in [1.82, 2.24) is 0 Å². The molecule has 4 heteroatoms. The molecule has 0 atom stereocenters. The van der Waals surface area contributed by atoms with Crippen molar-refractivity contribution >= 4 is 23.8 Å². The highest BCUT2D eigenvalue weighted by Gasteiger charge is 2.33.